The normalized spacial score (nSPS) is 12.1. The van der Waals surface area contributed by atoms with Crippen LogP contribution in [0, 0.1) is 0 Å². The first-order valence-corrected chi connectivity index (χ1v) is 6.61. The largest absolute Gasteiger partial charge is 0.454 e. The molecule has 1 aliphatic rings. The van der Waals surface area contributed by atoms with Gasteiger partial charge in [-0.2, -0.15) is 0 Å². The highest BCUT2D eigenvalue weighted by Gasteiger charge is 2.14. The fourth-order valence-corrected chi connectivity index (χ4v) is 1.79. The van der Waals surface area contributed by atoms with Crippen LogP contribution in [0.4, 0.5) is 0 Å². The highest BCUT2D eigenvalue weighted by Crippen LogP contribution is 2.32. The predicted molar refractivity (Wildman–Crippen MR) is 72.3 cm³/mol. The molecule has 0 aromatic heterocycles. The van der Waals surface area contributed by atoms with E-state index < -0.39 is 0 Å². The molecule has 0 fully saturated rings. The maximum atomic E-state index is 11.6. The van der Waals surface area contributed by atoms with Gasteiger partial charge in [0, 0.05) is 13.1 Å². The monoisotopic (exact) mass is 278 g/mol. The lowest BCUT2D eigenvalue weighted by Gasteiger charge is -2.06. The molecule has 1 aromatic rings. The second-order valence-corrected chi connectivity index (χ2v) is 4.49. The second kappa shape index (κ2) is 6.79. The van der Waals surface area contributed by atoms with E-state index in [1.807, 2.05) is 19.1 Å². The average Bonchev–Trinajstić information content (AvgIpc) is 2.90. The summed E-state index contributed by atoms with van der Waals surface area (Å²) in [5, 5.41) is 5.36. The molecule has 0 atom stereocenters. The van der Waals surface area contributed by atoms with Crippen LogP contribution < -0.4 is 20.1 Å². The Morgan fingerprint density at radius 2 is 1.90 bits per heavy atom. The summed E-state index contributed by atoms with van der Waals surface area (Å²) in [6.45, 7) is 3.13. The van der Waals surface area contributed by atoms with Crippen molar-refractivity contribution in [1.82, 2.24) is 10.6 Å². The number of amides is 2. The van der Waals surface area contributed by atoms with Crippen molar-refractivity contribution in [3.63, 3.8) is 0 Å². The van der Waals surface area contributed by atoms with E-state index in [0.717, 1.165) is 12.0 Å². The first-order chi connectivity index (χ1) is 9.69. The number of hydrogen-bond acceptors (Lipinski definition) is 4. The van der Waals surface area contributed by atoms with Gasteiger partial charge >= 0.3 is 0 Å². The number of nitrogens with one attached hydrogen (secondary N) is 2. The topological polar surface area (TPSA) is 76.7 Å². The summed E-state index contributed by atoms with van der Waals surface area (Å²) >= 11 is 0. The van der Waals surface area contributed by atoms with Gasteiger partial charge in [-0.3, -0.25) is 9.59 Å². The molecule has 6 nitrogen and oxygen atoms in total. The van der Waals surface area contributed by atoms with Crippen LogP contribution in [0.2, 0.25) is 0 Å². The van der Waals surface area contributed by atoms with Crippen molar-refractivity contribution in [1.29, 1.82) is 0 Å². The molecule has 0 saturated heterocycles. The Morgan fingerprint density at radius 3 is 2.70 bits per heavy atom. The van der Waals surface area contributed by atoms with Crippen molar-refractivity contribution < 1.29 is 19.1 Å². The molecular weight excluding hydrogens is 260 g/mol. The summed E-state index contributed by atoms with van der Waals surface area (Å²) in [6, 6.07) is 5.47. The quantitative estimate of drug-likeness (QED) is 0.760. The van der Waals surface area contributed by atoms with Crippen LogP contribution >= 0.6 is 0 Å². The van der Waals surface area contributed by atoms with E-state index in [1.165, 1.54) is 0 Å². The van der Waals surface area contributed by atoms with Gasteiger partial charge < -0.3 is 20.1 Å². The maximum absolute atomic E-state index is 11.6. The molecule has 20 heavy (non-hydrogen) atoms. The molecule has 0 saturated carbocycles. The van der Waals surface area contributed by atoms with Crippen LogP contribution in [0.25, 0.3) is 0 Å². The third-order valence-corrected chi connectivity index (χ3v) is 2.82. The molecular formula is C14H18N2O4. The Labute approximate surface area is 117 Å². The van der Waals surface area contributed by atoms with Gasteiger partial charge in [0.25, 0.3) is 0 Å². The number of hydrogen-bond donors (Lipinski definition) is 2. The maximum Gasteiger partial charge on any atom is 0.231 e. The molecule has 2 N–H and O–H groups in total. The number of carbonyl (C=O) groups is 2. The van der Waals surface area contributed by atoms with Gasteiger partial charge in [-0.25, -0.2) is 0 Å². The van der Waals surface area contributed by atoms with E-state index in [-0.39, 0.29) is 25.0 Å². The molecule has 0 unspecified atom stereocenters. The first-order valence-electron chi connectivity index (χ1n) is 6.61. The van der Waals surface area contributed by atoms with E-state index in [4.69, 9.17) is 9.47 Å². The van der Waals surface area contributed by atoms with Gasteiger partial charge in [-0.05, 0) is 24.1 Å². The SMILES string of the molecule is CCCNC(=O)CC(=O)NCc1ccc2c(c1)OCO2. The minimum atomic E-state index is -0.295. The molecule has 1 heterocycles. The number of rotatable bonds is 6. The molecule has 2 rings (SSSR count). The first kappa shape index (κ1) is 14.2. The highest BCUT2D eigenvalue weighted by molar-refractivity contribution is 5.96. The lowest BCUT2D eigenvalue weighted by molar-refractivity contribution is -0.129. The molecule has 0 bridgehead atoms. The van der Waals surface area contributed by atoms with E-state index in [0.29, 0.717) is 24.6 Å². The smallest absolute Gasteiger partial charge is 0.231 e. The zero-order valence-corrected chi connectivity index (χ0v) is 11.4. The zero-order valence-electron chi connectivity index (χ0n) is 11.4. The summed E-state index contributed by atoms with van der Waals surface area (Å²) in [6.07, 6.45) is 0.703. The van der Waals surface area contributed by atoms with Crippen LogP contribution in [-0.4, -0.2) is 25.2 Å². The lowest BCUT2D eigenvalue weighted by Crippen LogP contribution is -2.31. The van der Waals surface area contributed by atoms with Gasteiger partial charge in [-0.15, -0.1) is 0 Å². The second-order valence-electron chi connectivity index (χ2n) is 4.49. The Balaban J connectivity index is 1.77. The van der Waals surface area contributed by atoms with Crippen molar-refractivity contribution in [2.45, 2.75) is 26.3 Å². The minimum absolute atomic E-state index is 0.148. The predicted octanol–water partition coefficient (Wildman–Crippen LogP) is 0.948. The van der Waals surface area contributed by atoms with Crippen molar-refractivity contribution in [2.75, 3.05) is 13.3 Å². The molecule has 1 aliphatic heterocycles. The van der Waals surface area contributed by atoms with Gasteiger partial charge in [0.15, 0.2) is 11.5 Å². The number of ether oxygens (including phenoxy) is 2. The molecule has 2 amide bonds. The van der Waals surface area contributed by atoms with Gasteiger partial charge in [0.1, 0.15) is 6.42 Å². The third-order valence-electron chi connectivity index (χ3n) is 2.82. The summed E-state index contributed by atoms with van der Waals surface area (Å²) in [7, 11) is 0. The molecule has 0 aliphatic carbocycles. The van der Waals surface area contributed by atoms with Crippen LogP contribution in [0.3, 0.4) is 0 Å². The zero-order chi connectivity index (χ0) is 14.4. The average molecular weight is 278 g/mol. The van der Waals surface area contributed by atoms with Gasteiger partial charge in [0.2, 0.25) is 18.6 Å². The van der Waals surface area contributed by atoms with Crippen molar-refractivity contribution in [3.8, 4) is 11.5 Å². The van der Waals surface area contributed by atoms with E-state index >= 15 is 0 Å². The summed E-state index contributed by atoms with van der Waals surface area (Å²) in [5.74, 6) is 0.836. The van der Waals surface area contributed by atoms with Crippen LogP contribution in [0.15, 0.2) is 18.2 Å². The van der Waals surface area contributed by atoms with Crippen LogP contribution in [0.5, 0.6) is 11.5 Å². The van der Waals surface area contributed by atoms with Crippen molar-refractivity contribution >= 4 is 11.8 Å². The molecule has 1 aromatic carbocycles. The molecule has 0 spiro atoms. The van der Waals surface area contributed by atoms with Gasteiger partial charge in [0.05, 0.1) is 0 Å². The number of benzene rings is 1. The fraction of sp³-hybridized carbons (Fsp3) is 0.429. The van der Waals surface area contributed by atoms with Crippen molar-refractivity contribution in [3.05, 3.63) is 23.8 Å². The van der Waals surface area contributed by atoms with Crippen LogP contribution in [0.1, 0.15) is 25.3 Å². The summed E-state index contributed by atoms with van der Waals surface area (Å²) in [4.78, 5) is 23.0. The standard InChI is InChI=1S/C14H18N2O4/c1-2-5-15-13(17)7-14(18)16-8-10-3-4-11-12(6-10)20-9-19-11/h3-4,6H,2,5,7-9H2,1H3,(H,15,17)(H,16,18). The molecule has 108 valence electrons. The number of fused-ring (bicyclic) bond motifs is 1. The van der Waals surface area contributed by atoms with Crippen molar-refractivity contribution in [2.24, 2.45) is 0 Å². The fourth-order valence-electron chi connectivity index (χ4n) is 1.79. The Hall–Kier alpha value is -2.24. The van der Waals surface area contributed by atoms with E-state index in [1.54, 1.807) is 6.07 Å². The summed E-state index contributed by atoms with van der Waals surface area (Å²) in [5.41, 5.74) is 0.900. The highest BCUT2D eigenvalue weighted by atomic mass is 16.7. The Bertz CT molecular complexity index is 502. The third kappa shape index (κ3) is 3.88. The number of carbonyl (C=O) groups excluding carboxylic acids is 2. The molecule has 0 radical (unpaired) electrons. The minimum Gasteiger partial charge on any atom is -0.454 e. The Kier molecular flexibility index (Phi) is 4.81. The Morgan fingerprint density at radius 1 is 1.15 bits per heavy atom. The summed E-state index contributed by atoms with van der Waals surface area (Å²) < 4.78 is 10.5. The van der Waals surface area contributed by atoms with E-state index in [9.17, 15) is 9.59 Å². The molecule has 6 heteroatoms. The van der Waals surface area contributed by atoms with Gasteiger partial charge in [-0.1, -0.05) is 13.0 Å². The van der Waals surface area contributed by atoms with E-state index in [2.05, 4.69) is 10.6 Å². The van der Waals surface area contributed by atoms with Crippen LogP contribution in [-0.2, 0) is 16.1 Å². The lowest BCUT2D eigenvalue weighted by atomic mass is 10.2.